The summed E-state index contributed by atoms with van der Waals surface area (Å²) in [6.07, 6.45) is 0.533. The van der Waals surface area contributed by atoms with Gasteiger partial charge in [-0.25, -0.2) is 9.78 Å². The van der Waals surface area contributed by atoms with E-state index in [4.69, 9.17) is 25.8 Å². The lowest BCUT2D eigenvalue weighted by Gasteiger charge is -2.11. The van der Waals surface area contributed by atoms with Crippen molar-refractivity contribution in [3.05, 3.63) is 64.1 Å². The van der Waals surface area contributed by atoms with Gasteiger partial charge >= 0.3 is 5.97 Å². The van der Waals surface area contributed by atoms with Crippen molar-refractivity contribution in [3.8, 4) is 17.2 Å². The van der Waals surface area contributed by atoms with Gasteiger partial charge in [0.25, 0.3) is 0 Å². The van der Waals surface area contributed by atoms with Gasteiger partial charge < -0.3 is 23.9 Å². The van der Waals surface area contributed by atoms with E-state index in [2.05, 4.69) is 4.98 Å². The van der Waals surface area contributed by atoms with Crippen molar-refractivity contribution in [1.82, 2.24) is 9.55 Å². The minimum atomic E-state index is -1.19. The number of ether oxygens (including phenoxy) is 3. The summed E-state index contributed by atoms with van der Waals surface area (Å²) < 4.78 is 17.2. The van der Waals surface area contributed by atoms with Gasteiger partial charge in [-0.05, 0) is 29.3 Å². The average Bonchev–Trinajstić information content (AvgIpc) is 3.36. The molecule has 1 aliphatic rings. The van der Waals surface area contributed by atoms with Crippen LogP contribution in [0.1, 0.15) is 32.2 Å². The molecule has 0 bridgehead atoms. The van der Waals surface area contributed by atoms with Crippen molar-refractivity contribution in [3.63, 3.8) is 0 Å². The molecule has 2 heterocycles. The van der Waals surface area contributed by atoms with Gasteiger partial charge in [-0.15, -0.1) is 0 Å². The highest BCUT2D eigenvalue weighted by atomic mass is 35.5. The Bertz CT molecular complexity index is 1150. The molecule has 1 aromatic heterocycles. The van der Waals surface area contributed by atoms with E-state index >= 15 is 0 Å². The number of carbonyl (C=O) groups is 2. The van der Waals surface area contributed by atoms with Crippen molar-refractivity contribution in [2.75, 3.05) is 13.9 Å². The second-order valence-corrected chi connectivity index (χ2v) is 7.94. The van der Waals surface area contributed by atoms with Crippen LogP contribution in [-0.2, 0) is 12.3 Å². The normalized spacial score (nSPS) is 12.1. The minimum Gasteiger partial charge on any atom is -0.497 e. The Morgan fingerprint density at radius 1 is 1.29 bits per heavy atom. The van der Waals surface area contributed by atoms with Crippen LogP contribution < -0.4 is 14.2 Å². The topological polar surface area (TPSA) is 99.9 Å². The van der Waals surface area contributed by atoms with Crippen molar-refractivity contribution in [1.29, 1.82) is 0 Å². The van der Waals surface area contributed by atoms with Gasteiger partial charge in [-0.1, -0.05) is 35.5 Å². The Morgan fingerprint density at radius 2 is 2.00 bits per heavy atom. The van der Waals surface area contributed by atoms with Gasteiger partial charge in [0.2, 0.25) is 6.79 Å². The van der Waals surface area contributed by atoms with Gasteiger partial charge in [-0.2, -0.15) is 0 Å². The summed E-state index contributed by atoms with van der Waals surface area (Å²) in [6, 6.07) is 10.7. The molecule has 1 N–H and O–H groups in total. The lowest BCUT2D eigenvalue weighted by Crippen LogP contribution is -2.13. The lowest BCUT2D eigenvalue weighted by molar-refractivity contribution is 0.0681. The number of carboxylic acids is 1. The number of carboxylic acid groups (broad SMARTS) is 1. The Hall–Kier alpha value is -3.17. The van der Waals surface area contributed by atoms with Gasteiger partial charge in [0.1, 0.15) is 10.8 Å². The van der Waals surface area contributed by atoms with E-state index in [1.165, 1.54) is 16.3 Å². The fraction of sp³-hybridized carbons (Fsp3) is 0.190. The summed E-state index contributed by atoms with van der Waals surface area (Å²) in [4.78, 5) is 27.9. The number of hydrogen-bond donors (Lipinski definition) is 1. The maximum Gasteiger partial charge on any atom is 0.355 e. The number of rotatable bonds is 8. The summed E-state index contributed by atoms with van der Waals surface area (Å²) in [5.41, 5.74) is 1.47. The predicted octanol–water partition coefficient (Wildman–Crippen LogP) is 4.13. The van der Waals surface area contributed by atoms with Crippen LogP contribution >= 0.6 is 23.4 Å². The molecule has 0 aliphatic carbocycles. The SMILES string of the molecule is COc1ccc(CSc2nc(C=O)n(Cc3cc4c(cc3Cl)OCO4)c2C(=O)O)cc1. The molecule has 0 amide bonds. The summed E-state index contributed by atoms with van der Waals surface area (Å²) in [7, 11) is 1.59. The lowest BCUT2D eigenvalue weighted by atomic mass is 10.2. The number of fused-ring (bicyclic) bond motifs is 1. The number of aromatic carboxylic acids is 1. The third-order valence-corrected chi connectivity index (χ3v) is 6.07. The molecular weight excluding hydrogens is 444 g/mol. The fourth-order valence-corrected chi connectivity index (χ4v) is 4.33. The second-order valence-electron chi connectivity index (χ2n) is 6.57. The van der Waals surface area contributed by atoms with Crippen LogP contribution in [-0.4, -0.2) is 40.8 Å². The van der Waals surface area contributed by atoms with Gasteiger partial charge in [-0.3, -0.25) is 4.79 Å². The standard InChI is InChI=1S/C21H17ClN2O6S/c1-28-14-4-2-12(3-5-14)10-31-20-19(21(26)27)24(18(9-25)23-20)8-13-6-16-17(7-15(13)22)30-11-29-16/h2-7,9H,8,10-11H2,1H3,(H,26,27). The first kappa shape index (κ1) is 21.1. The molecule has 2 aromatic carbocycles. The van der Waals surface area contributed by atoms with Crippen molar-refractivity contribution < 1.29 is 28.9 Å². The highest BCUT2D eigenvalue weighted by Gasteiger charge is 2.25. The van der Waals surface area contributed by atoms with E-state index in [1.54, 1.807) is 19.2 Å². The minimum absolute atomic E-state index is 0.00312. The second kappa shape index (κ2) is 8.91. The molecular formula is C21H17ClN2O6S. The molecule has 1 aliphatic heterocycles. The van der Waals surface area contributed by atoms with E-state index in [0.717, 1.165) is 11.3 Å². The van der Waals surface area contributed by atoms with Crippen LogP contribution in [0.5, 0.6) is 17.2 Å². The van der Waals surface area contributed by atoms with Gasteiger partial charge in [0.05, 0.1) is 13.7 Å². The van der Waals surface area contributed by atoms with Crippen LogP contribution in [0.2, 0.25) is 5.02 Å². The van der Waals surface area contributed by atoms with Crippen molar-refractivity contribution >= 4 is 35.6 Å². The molecule has 10 heteroatoms. The largest absolute Gasteiger partial charge is 0.497 e. The third kappa shape index (κ3) is 4.33. The van der Waals surface area contributed by atoms with Crippen LogP contribution in [0.15, 0.2) is 41.4 Å². The molecule has 0 radical (unpaired) electrons. The molecule has 0 atom stereocenters. The number of methoxy groups -OCH3 is 1. The first-order valence-electron chi connectivity index (χ1n) is 9.13. The third-order valence-electron chi connectivity index (χ3n) is 4.68. The quantitative estimate of drug-likeness (QED) is 0.395. The highest BCUT2D eigenvalue weighted by molar-refractivity contribution is 7.98. The monoisotopic (exact) mass is 460 g/mol. The van der Waals surface area contributed by atoms with Crippen LogP contribution in [0, 0.1) is 0 Å². The zero-order chi connectivity index (χ0) is 22.0. The van der Waals surface area contributed by atoms with Crippen LogP contribution in [0.25, 0.3) is 0 Å². The van der Waals surface area contributed by atoms with E-state index in [9.17, 15) is 14.7 Å². The van der Waals surface area contributed by atoms with Gasteiger partial charge in [0, 0.05) is 16.8 Å². The molecule has 0 fully saturated rings. The van der Waals surface area contributed by atoms with Crippen molar-refractivity contribution in [2.45, 2.75) is 17.3 Å². The maximum absolute atomic E-state index is 12.0. The summed E-state index contributed by atoms with van der Waals surface area (Å²) >= 11 is 7.57. The molecule has 4 rings (SSSR count). The zero-order valence-electron chi connectivity index (χ0n) is 16.3. The predicted molar refractivity (Wildman–Crippen MR) is 114 cm³/mol. The highest BCUT2D eigenvalue weighted by Crippen LogP contribution is 2.37. The smallest absolute Gasteiger partial charge is 0.355 e. The Kier molecular flexibility index (Phi) is 6.06. The summed E-state index contributed by atoms with van der Waals surface area (Å²) in [6.45, 7) is 0.133. The number of hydrogen-bond acceptors (Lipinski definition) is 7. The first-order chi connectivity index (χ1) is 15.0. The molecule has 8 nitrogen and oxygen atoms in total. The average molecular weight is 461 g/mol. The zero-order valence-corrected chi connectivity index (χ0v) is 17.9. The molecule has 160 valence electrons. The number of aromatic nitrogens is 2. The number of aldehydes is 1. The fourth-order valence-electron chi connectivity index (χ4n) is 3.13. The summed E-state index contributed by atoms with van der Waals surface area (Å²) in [5.74, 6) is 1.05. The number of benzene rings is 2. The number of nitrogens with zero attached hydrogens (tertiary/aromatic N) is 2. The Labute approximate surface area is 186 Å². The summed E-state index contributed by atoms with van der Waals surface area (Å²) in [5, 5.41) is 10.5. The Balaban J connectivity index is 1.64. The van der Waals surface area contributed by atoms with E-state index in [1.807, 2.05) is 24.3 Å². The Morgan fingerprint density at radius 3 is 2.65 bits per heavy atom. The molecule has 0 spiro atoms. The van der Waals surface area contributed by atoms with Crippen LogP contribution in [0.3, 0.4) is 0 Å². The number of halogens is 1. The van der Waals surface area contributed by atoms with Crippen LogP contribution in [0.4, 0.5) is 0 Å². The molecule has 3 aromatic rings. The molecule has 0 unspecified atom stereocenters. The van der Waals surface area contributed by atoms with Crippen molar-refractivity contribution in [2.24, 2.45) is 0 Å². The molecule has 0 saturated heterocycles. The van der Waals surface area contributed by atoms with Gasteiger partial charge in [0.15, 0.2) is 29.3 Å². The maximum atomic E-state index is 12.0. The van der Waals surface area contributed by atoms with E-state index < -0.39 is 5.97 Å². The molecule has 31 heavy (non-hydrogen) atoms. The number of carbonyl (C=O) groups excluding carboxylic acids is 1. The number of imidazole rings is 1. The first-order valence-corrected chi connectivity index (χ1v) is 10.5. The number of thioether (sulfide) groups is 1. The van der Waals surface area contributed by atoms with E-state index in [0.29, 0.717) is 34.1 Å². The molecule has 0 saturated carbocycles. The van der Waals surface area contributed by atoms with E-state index in [-0.39, 0.29) is 29.9 Å².